The average Bonchev–Trinajstić information content (AvgIpc) is 2.05. The summed E-state index contributed by atoms with van der Waals surface area (Å²) in [5, 5.41) is 14.2. The van der Waals surface area contributed by atoms with Crippen molar-refractivity contribution >= 4 is 5.91 Å². The number of nitrogens with one attached hydrogen (secondary N) is 2. The summed E-state index contributed by atoms with van der Waals surface area (Å²) in [5.41, 5.74) is 0. The fraction of sp³-hybridized carbons (Fsp3) is 0.778. The highest BCUT2D eigenvalue weighted by molar-refractivity contribution is 5.78. The Morgan fingerprint density at radius 1 is 1.54 bits per heavy atom. The summed E-state index contributed by atoms with van der Waals surface area (Å²) >= 11 is 0. The predicted octanol–water partition coefficient (Wildman–Crippen LogP) is 0.403. The highest BCUT2D eigenvalue weighted by atomic mass is 16.1. The van der Waals surface area contributed by atoms with Crippen LogP contribution in [0.4, 0.5) is 0 Å². The van der Waals surface area contributed by atoms with Crippen molar-refractivity contribution < 1.29 is 4.79 Å². The quantitative estimate of drug-likeness (QED) is 0.648. The Bertz CT molecular complexity index is 196. The molecule has 4 nitrogen and oxygen atoms in total. The van der Waals surface area contributed by atoms with Crippen LogP contribution in [-0.4, -0.2) is 24.5 Å². The second-order valence-corrected chi connectivity index (χ2v) is 3.19. The molecule has 74 valence electrons. The van der Waals surface area contributed by atoms with Crippen LogP contribution in [0.5, 0.6) is 0 Å². The molecule has 1 atom stereocenters. The van der Waals surface area contributed by atoms with Gasteiger partial charge in [-0.2, -0.15) is 5.26 Å². The largest absolute Gasteiger partial charge is 0.353 e. The third-order valence-corrected chi connectivity index (χ3v) is 1.52. The van der Waals surface area contributed by atoms with Crippen LogP contribution in [0.15, 0.2) is 0 Å². The summed E-state index contributed by atoms with van der Waals surface area (Å²) in [5.74, 6) is -0.0660. The molecular formula is C9H17N3O. The van der Waals surface area contributed by atoms with Crippen LogP contribution in [0.3, 0.4) is 0 Å². The number of nitriles is 1. The van der Waals surface area contributed by atoms with Gasteiger partial charge < -0.3 is 5.32 Å². The lowest BCUT2D eigenvalue weighted by Crippen LogP contribution is -2.40. The lowest BCUT2D eigenvalue weighted by Gasteiger charge is -2.11. The number of hydrogen-bond donors (Lipinski definition) is 2. The number of rotatable bonds is 5. The molecule has 0 saturated carbocycles. The van der Waals surface area contributed by atoms with Gasteiger partial charge >= 0.3 is 0 Å². The summed E-state index contributed by atoms with van der Waals surface area (Å²) in [6.07, 6.45) is 0.714. The zero-order valence-corrected chi connectivity index (χ0v) is 8.42. The molecule has 0 bridgehead atoms. The molecule has 0 spiro atoms. The Morgan fingerprint density at radius 2 is 2.15 bits per heavy atom. The second-order valence-electron chi connectivity index (χ2n) is 3.19. The number of hydrogen-bond acceptors (Lipinski definition) is 3. The van der Waals surface area contributed by atoms with Crippen LogP contribution in [0.25, 0.3) is 0 Å². The van der Waals surface area contributed by atoms with E-state index >= 15 is 0 Å². The molecule has 0 aliphatic carbocycles. The van der Waals surface area contributed by atoms with Gasteiger partial charge in [0.05, 0.1) is 18.7 Å². The highest BCUT2D eigenvalue weighted by Gasteiger charge is 2.06. The van der Waals surface area contributed by atoms with Crippen LogP contribution >= 0.6 is 0 Å². The van der Waals surface area contributed by atoms with Gasteiger partial charge in [-0.1, -0.05) is 6.92 Å². The maximum Gasteiger partial charge on any atom is 0.234 e. The third-order valence-electron chi connectivity index (χ3n) is 1.52. The van der Waals surface area contributed by atoms with Gasteiger partial charge in [0.2, 0.25) is 5.91 Å². The van der Waals surface area contributed by atoms with E-state index in [-0.39, 0.29) is 24.5 Å². The first-order valence-electron chi connectivity index (χ1n) is 4.52. The number of amides is 1. The summed E-state index contributed by atoms with van der Waals surface area (Å²) in [6, 6.07) is 1.99. The van der Waals surface area contributed by atoms with E-state index in [0.29, 0.717) is 6.42 Å². The number of carbonyl (C=O) groups is 1. The molecule has 0 aliphatic heterocycles. The second kappa shape index (κ2) is 6.44. The Labute approximate surface area is 79.3 Å². The van der Waals surface area contributed by atoms with Gasteiger partial charge in [-0.25, -0.2) is 0 Å². The SMILES string of the molecule is CCC(C#N)NCC(=O)NC(C)C. The number of carbonyl (C=O) groups excluding carboxylic acids is 1. The maximum absolute atomic E-state index is 11.1. The van der Waals surface area contributed by atoms with Crippen molar-refractivity contribution in [1.29, 1.82) is 5.26 Å². The molecule has 0 aliphatic rings. The fourth-order valence-corrected chi connectivity index (χ4v) is 0.870. The van der Waals surface area contributed by atoms with Crippen molar-refractivity contribution in [1.82, 2.24) is 10.6 Å². The average molecular weight is 183 g/mol. The van der Waals surface area contributed by atoms with E-state index < -0.39 is 0 Å². The van der Waals surface area contributed by atoms with Crippen LogP contribution in [-0.2, 0) is 4.79 Å². The first-order chi connectivity index (χ1) is 6.10. The molecule has 0 aromatic heterocycles. The van der Waals surface area contributed by atoms with Gasteiger partial charge in [0.15, 0.2) is 0 Å². The van der Waals surface area contributed by atoms with E-state index in [1.165, 1.54) is 0 Å². The third kappa shape index (κ3) is 6.12. The van der Waals surface area contributed by atoms with Gasteiger partial charge in [-0.3, -0.25) is 10.1 Å². The lowest BCUT2D eigenvalue weighted by molar-refractivity contribution is -0.120. The molecule has 0 heterocycles. The van der Waals surface area contributed by atoms with E-state index in [2.05, 4.69) is 16.7 Å². The molecule has 4 heteroatoms. The molecule has 0 aromatic rings. The van der Waals surface area contributed by atoms with Crippen molar-refractivity contribution in [2.45, 2.75) is 39.3 Å². The Morgan fingerprint density at radius 3 is 2.54 bits per heavy atom. The first-order valence-corrected chi connectivity index (χ1v) is 4.52. The van der Waals surface area contributed by atoms with Crippen molar-refractivity contribution in [2.75, 3.05) is 6.54 Å². The molecule has 13 heavy (non-hydrogen) atoms. The molecule has 0 radical (unpaired) electrons. The van der Waals surface area contributed by atoms with Gasteiger partial charge in [0, 0.05) is 6.04 Å². The van der Waals surface area contributed by atoms with Gasteiger partial charge in [-0.05, 0) is 20.3 Å². The molecule has 1 unspecified atom stereocenters. The Kier molecular flexibility index (Phi) is 5.90. The zero-order chi connectivity index (χ0) is 10.3. The monoisotopic (exact) mass is 183 g/mol. The van der Waals surface area contributed by atoms with Crippen LogP contribution in [0.1, 0.15) is 27.2 Å². The smallest absolute Gasteiger partial charge is 0.234 e. The van der Waals surface area contributed by atoms with Gasteiger partial charge in [0.1, 0.15) is 0 Å². The van der Waals surface area contributed by atoms with Gasteiger partial charge in [0.25, 0.3) is 0 Å². The minimum atomic E-state index is -0.224. The van der Waals surface area contributed by atoms with E-state index in [0.717, 1.165) is 0 Å². The van der Waals surface area contributed by atoms with Gasteiger partial charge in [-0.15, -0.1) is 0 Å². The van der Waals surface area contributed by atoms with Crippen molar-refractivity contribution in [3.8, 4) is 6.07 Å². The predicted molar refractivity (Wildman–Crippen MR) is 51.0 cm³/mol. The summed E-state index contributed by atoms with van der Waals surface area (Å²) in [4.78, 5) is 11.1. The molecule has 1 amide bonds. The standard InChI is InChI=1S/C9H17N3O/c1-4-8(5-10)11-6-9(13)12-7(2)3/h7-8,11H,4,6H2,1-3H3,(H,12,13). The fourth-order valence-electron chi connectivity index (χ4n) is 0.870. The van der Waals surface area contributed by atoms with E-state index in [1.807, 2.05) is 20.8 Å². The minimum absolute atomic E-state index is 0.0660. The summed E-state index contributed by atoms with van der Waals surface area (Å²) in [7, 11) is 0. The van der Waals surface area contributed by atoms with Crippen LogP contribution in [0.2, 0.25) is 0 Å². The van der Waals surface area contributed by atoms with Crippen molar-refractivity contribution in [2.24, 2.45) is 0 Å². The molecule has 0 rings (SSSR count). The molecule has 0 fully saturated rings. The van der Waals surface area contributed by atoms with E-state index in [9.17, 15) is 4.79 Å². The van der Waals surface area contributed by atoms with Crippen molar-refractivity contribution in [3.63, 3.8) is 0 Å². The van der Waals surface area contributed by atoms with E-state index in [1.54, 1.807) is 0 Å². The van der Waals surface area contributed by atoms with Crippen LogP contribution < -0.4 is 10.6 Å². The van der Waals surface area contributed by atoms with Crippen LogP contribution in [0, 0.1) is 11.3 Å². The molecule has 0 aromatic carbocycles. The Balaban J connectivity index is 3.64. The molecule has 2 N–H and O–H groups in total. The van der Waals surface area contributed by atoms with Crippen molar-refractivity contribution in [3.05, 3.63) is 0 Å². The number of nitrogens with zero attached hydrogens (tertiary/aromatic N) is 1. The molecular weight excluding hydrogens is 166 g/mol. The first kappa shape index (κ1) is 11.9. The summed E-state index contributed by atoms with van der Waals surface area (Å²) < 4.78 is 0. The molecule has 0 saturated heterocycles. The maximum atomic E-state index is 11.1. The lowest BCUT2D eigenvalue weighted by atomic mass is 10.2. The topological polar surface area (TPSA) is 64.9 Å². The minimum Gasteiger partial charge on any atom is -0.353 e. The normalized spacial score (nSPS) is 12.2. The highest BCUT2D eigenvalue weighted by Crippen LogP contribution is 1.86. The zero-order valence-electron chi connectivity index (χ0n) is 8.42. The summed E-state index contributed by atoms with van der Waals surface area (Å²) in [6.45, 7) is 5.92. The Hall–Kier alpha value is -1.08. The van der Waals surface area contributed by atoms with E-state index in [4.69, 9.17) is 5.26 Å².